The Hall–Kier alpha value is -2.80. The third kappa shape index (κ3) is 3.44. The number of carbonyl (C=O) groups is 1. The molecular formula is C26H18BrCl2N3O2. The van der Waals surface area contributed by atoms with Crippen molar-refractivity contribution in [3.8, 4) is 5.75 Å². The summed E-state index contributed by atoms with van der Waals surface area (Å²) in [5.41, 5.74) is 4.57. The van der Waals surface area contributed by atoms with Crippen LogP contribution in [0.5, 0.6) is 5.75 Å². The minimum atomic E-state index is -0.561. The summed E-state index contributed by atoms with van der Waals surface area (Å²) in [6.07, 6.45) is 1.96. The van der Waals surface area contributed by atoms with Crippen molar-refractivity contribution >= 4 is 61.7 Å². The molecule has 34 heavy (non-hydrogen) atoms. The zero-order valence-corrected chi connectivity index (χ0v) is 21.1. The molecule has 0 spiro atoms. The lowest BCUT2D eigenvalue weighted by molar-refractivity contribution is -0.0180. The molecule has 3 heterocycles. The van der Waals surface area contributed by atoms with Crippen molar-refractivity contribution in [1.29, 1.82) is 0 Å². The van der Waals surface area contributed by atoms with E-state index in [9.17, 15) is 4.79 Å². The number of nitrogens with zero attached hydrogens (tertiary/aromatic N) is 3. The molecule has 2 atom stereocenters. The topological polar surface area (TPSA) is 46.8 Å². The van der Waals surface area contributed by atoms with Crippen LogP contribution in [0.2, 0.25) is 10.0 Å². The summed E-state index contributed by atoms with van der Waals surface area (Å²) in [4.78, 5) is 12.4. The molecular weight excluding hydrogens is 537 g/mol. The fourth-order valence-corrected chi connectivity index (χ4v) is 5.62. The molecule has 5 nitrogen and oxygen atoms in total. The average molecular weight is 555 g/mol. The molecule has 0 unspecified atom stereocenters. The maximum Gasteiger partial charge on any atom is 0.227 e. The number of ether oxygens (including phenoxy) is 1. The van der Waals surface area contributed by atoms with Crippen molar-refractivity contribution < 1.29 is 9.53 Å². The monoisotopic (exact) mass is 553 g/mol. The molecule has 1 aromatic heterocycles. The predicted octanol–water partition coefficient (Wildman–Crippen LogP) is 7.61. The molecule has 0 radical (unpaired) electrons. The third-order valence-electron chi connectivity index (χ3n) is 6.33. The van der Waals surface area contributed by atoms with Gasteiger partial charge >= 0.3 is 0 Å². The highest BCUT2D eigenvalue weighted by molar-refractivity contribution is 9.10. The number of hydrogen-bond acceptors (Lipinski definition) is 4. The molecule has 6 rings (SSSR count). The number of rotatable bonds is 2. The van der Waals surface area contributed by atoms with Crippen molar-refractivity contribution in [2.75, 3.05) is 0 Å². The number of aromatic nitrogens is 1. The summed E-state index contributed by atoms with van der Waals surface area (Å²) in [6.45, 7) is 1.55. The van der Waals surface area contributed by atoms with Gasteiger partial charge in [-0.05, 0) is 35.9 Å². The van der Waals surface area contributed by atoms with E-state index in [1.165, 1.54) is 0 Å². The van der Waals surface area contributed by atoms with Gasteiger partial charge in [-0.2, -0.15) is 5.10 Å². The van der Waals surface area contributed by atoms with Gasteiger partial charge in [0.05, 0.1) is 22.3 Å². The largest absolute Gasteiger partial charge is 0.463 e. The summed E-state index contributed by atoms with van der Waals surface area (Å²) in [7, 11) is 0. The van der Waals surface area contributed by atoms with E-state index in [-0.39, 0.29) is 11.9 Å². The Morgan fingerprint density at radius 2 is 1.85 bits per heavy atom. The lowest BCUT2D eigenvalue weighted by Gasteiger charge is -2.38. The molecule has 2 aliphatic heterocycles. The number of hydrogen-bond donors (Lipinski definition) is 0. The Morgan fingerprint density at radius 1 is 1.09 bits per heavy atom. The zero-order valence-electron chi connectivity index (χ0n) is 18.0. The number of carbonyl (C=O) groups excluding carboxylic acids is 1. The second-order valence-corrected chi connectivity index (χ2v) is 10.2. The van der Waals surface area contributed by atoms with E-state index in [2.05, 4.69) is 15.9 Å². The van der Waals surface area contributed by atoms with Crippen molar-refractivity contribution in [3.63, 3.8) is 0 Å². The number of hydrazone groups is 1. The van der Waals surface area contributed by atoms with Gasteiger partial charge in [0.15, 0.2) is 0 Å². The van der Waals surface area contributed by atoms with E-state index in [0.29, 0.717) is 22.2 Å². The van der Waals surface area contributed by atoms with Gasteiger partial charge in [-0.3, -0.25) is 9.36 Å². The van der Waals surface area contributed by atoms with E-state index < -0.39 is 6.23 Å². The smallest absolute Gasteiger partial charge is 0.227 e. The average Bonchev–Trinajstić information content (AvgIpc) is 3.42. The Kier molecular flexibility index (Phi) is 5.21. The molecule has 8 heteroatoms. The quantitative estimate of drug-likeness (QED) is 0.256. The molecule has 0 saturated heterocycles. The summed E-state index contributed by atoms with van der Waals surface area (Å²) in [6, 6.07) is 19.4. The minimum Gasteiger partial charge on any atom is -0.463 e. The molecule has 0 bridgehead atoms. The standard InChI is InChI=1S/C26H18BrCl2N3O2/c1-14(33)31-13-20(18-4-2-3-5-23(18)31)26-32-24(19-10-17(28)11-21(29)25(19)34-26)12-22(30-32)15-6-8-16(27)9-7-15/h2-11,13,24,26H,12H2,1H3/t24-,26+/m1/s1. The maximum absolute atomic E-state index is 12.4. The van der Waals surface area contributed by atoms with Gasteiger partial charge in [0, 0.05) is 45.5 Å². The molecule has 4 aromatic rings. The van der Waals surface area contributed by atoms with Crippen LogP contribution in [0.4, 0.5) is 0 Å². The fraction of sp³-hybridized carbons (Fsp3) is 0.154. The van der Waals surface area contributed by atoms with Crippen molar-refractivity contribution in [2.45, 2.75) is 25.6 Å². The van der Waals surface area contributed by atoms with Crippen molar-refractivity contribution in [1.82, 2.24) is 9.58 Å². The first-order chi connectivity index (χ1) is 16.4. The Morgan fingerprint density at radius 3 is 2.62 bits per heavy atom. The van der Waals surface area contributed by atoms with Gasteiger partial charge in [-0.25, -0.2) is 5.01 Å². The summed E-state index contributed by atoms with van der Waals surface area (Å²) in [5, 5.41) is 8.93. The van der Waals surface area contributed by atoms with Crippen molar-refractivity contribution in [2.24, 2.45) is 5.10 Å². The van der Waals surface area contributed by atoms with Crippen LogP contribution in [0.1, 0.15) is 47.1 Å². The Bertz CT molecular complexity index is 1500. The number of para-hydroxylation sites is 1. The molecule has 0 amide bonds. The fourth-order valence-electron chi connectivity index (χ4n) is 4.80. The van der Waals surface area contributed by atoms with Crippen molar-refractivity contribution in [3.05, 3.63) is 98.1 Å². The van der Waals surface area contributed by atoms with Crippen LogP contribution in [0, 0.1) is 0 Å². The number of benzene rings is 3. The van der Waals surface area contributed by atoms with E-state index in [1.807, 2.05) is 65.8 Å². The van der Waals surface area contributed by atoms with Crippen LogP contribution in [0.3, 0.4) is 0 Å². The summed E-state index contributed by atoms with van der Waals surface area (Å²) in [5.74, 6) is 0.532. The second-order valence-electron chi connectivity index (χ2n) is 8.42. The van der Waals surface area contributed by atoms with E-state index in [1.54, 1.807) is 17.6 Å². The van der Waals surface area contributed by atoms with Crippen LogP contribution >= 0.6 is 39.1 Å². The third-order valence-corrected chi connectivity index (χ3v) is 7.36. The first-order valence-electron chi connectivity index (χ1n) is 10.8. The highest BCUT2D eigenvalue weighted by Crippen LogP contribution is 2.51. The maximum atomic E-state index is 12.4. The first kappa shape index (κ1) is 21.7. The Balaban J connectivity index is 1.54. The minimum absolute atomic E-state index is 0.0690. The van der Waals surface area contributed by atoms with Crippen LogP contribution in [-0.2, 0) is 0 Å². The van der Waals surface area contributed by atoms with Crippen LogP contribution in [0.25, 0.3) is 10.9 Å². The predicted molar refractivity (Wildman–Crippen MR) is 138 cm³/mol. The lowest BCUT2D eigenvalue weighted by atomic mass is 9.96. The lowest BCUT2D eigenvalue weighted by Crippen LogP contribution is -2.33. The molecule has 0 fully saturated rings. The normalized spacial score (nSPS) is 18.9. The molecule has 3 aromatic carbocycles. The summed E-state index contributed by atoms with van der Waals surface area (Å²) < 4.78 is 9.18. The summed E-state index contributed by atoms with van der Waals surface area (Å²) >= 11 is 16.5. The number of halogens is 3. The van der Waals surface area contributed by atoms with E-state index in [0.717, 1.165) is 37.8 Å². The molecule has 2 aliphatic rings. The second kappa shape index (κ2) is 8.15. The van der Waals surface area contributed by atoms with Gasteiger partial charge in [-0.15, -0.1) is 0 Å². The van der Waals surface area contributed by atoms with Gasteiger partial charge in [0.25, 0.3) is 0 Å². The first-order valence-corrected chi connectivity index (χ1v) is 12.3. The van der Waals surface area contributed by atoms with E-state index in [4.69, 9.17) is 33.0 Å². The molecule has 170 valence electrons. The molecule has 0 aliphatic carbocycles. The van der Waals surface area contributed by atoms with Gasteiger partial charge < -0.3 is 4.74 Å². The highest BCUT2D eigenvalue weighted by Gasteiger charge is 2.43. The van der Waals surface area contributed by atoms with E-state index >= 15 is 0 Å². The van der Waals surface area contributed by atoms with Crippen LogP contribution < -0.4 is 4.74 Å². The van der Waals surface area contributed by atoms with Gasteiger partial charge in [0.2, 0.25) is 12.1 Å². The molecule has 0 N–H and O–H groups in total. The highest BCUT2D eigenvalue weighted by atomic mass is 79.9. The van der Waals surface area contributed by atoms with Crippen LogP contribution in [-0.4, -0.2) is 21.2 Å². The number of fused-ring (bicyclic) bond motifs is 4. The molecule has 0 saturated carbocycles. The van der Waals surface area contributed by atoms with Gasteiger partial charge in [-0.1, -0.05) is 69.5 Å². The van der Waals surface area contributed by atoms with Gasteiger partial charge in [0.1, 0.15) is 5.75 Å². The SMILES string of the molecule is CC(=O)n1cc([C@@H]2Oc3c(Cl)cc(Cl)cc3[C@H]3CC(c4ccc(Br)cc4)=NN32)c2ccccc21. The Labute approximate surface area is 214 Å². The zero-order chi connectivity index (χ0) is 23.6. The van der Waals surface area contributed by atoms with Crippen LogP contribution in [0.15, 0.2) is 76.4 Å².